The van der Waals surface area contributed by atoms with E-state index in [-0.39, 0.29) is 18.9 Å². The second-order valence-electron chi connectivity index (χ2n) is 8.13. The monoisotopic (exact) mass is 358 g/mol. The minimum atomic E-state index is -0.0854. The maximum Gasteiger partial charge on any atom is 0.270 e. The van der Waals surface area contributed by atoms with Crippen molar-refractivity contribution in [3.8, 4) is 5.75 Å². The molecule has 0 saturated carbocycles. The SMILES string of the molecule is C.COc1cccc2[nH]c(C(=O)N3CC(C)CC3(C(C)C)C(C)C)cc12. The first kappa shape index (κ1) is 20.3. The molecule has 144 valence electrons. The van der Waals surface area contributed by atoms with E-state index >= 15 is 0 Å². The van der Waals surface area contributed by atoms with Gasteiger partial charge in [0.15, 0.2) is 0 Å². The topological polar surface area (TPSA) is 45.3 Å². The number of hydrogen-bond donors (Lipinski definition) is 1. The minimum absolute atomic E-state index is 0. The average molecular weight is 359 g/mol. The summed E-state index contributed by atoms with van der Waals surface area (Å²) in [7, 11) is 1.66. The molecule has 0 bridgehead atoms. The maximum atomic E-state index is 13.4. The largest absolute Gasteiger partial charge is 0.496 e. The number of nitrogens with one attached hydrogen (secondary N) is 1. The summed E-state index contributed by atoms with van der Waals surface area (Å²) in [6, 6.07) is 7.79. The summed E-state index contributed by atoms with van der Waals surface area (Å²) in [6.45, 7) is 12.0. The number of rotatable bonds is 4. The van der Waals surface area contributed by atoms with Gasteiger partial charge in [0.2, 0.25) is 0 Å². The molecule has 1 amide bonds. The van der Waals surface area contributed by atoms with Gasteiger partial charge in [-0.2, -0.15) is 0 Å². The molecular weight excluding hydrogens is 324 g/mol. The second-order valence-corrected chi connectivity index (χ2v) is 8.13. The van der Waals surface area contributed by atoms with Gasteiger partial charge in [0.05, 0.1) is 7.11 Å². The number of carbonyl (C=O) groups excluding carboxylic acids is 1. The smallest absolute Gasteiger partial charge is 0.270 e. The summed E-state index contributed by atoms with van der Waals surface area (Å²) in [5, 5.41) is 0.959. The molecule has 1 aliphatic heterocycles. The van der Waals surface area contributed by atoms with Crippen LogP contribution in [-0.2, 0) is 0 Å². The highest BCUT2D eigenvalue weighted by atomic mass is 16.5. The molecule has 2 heterocycles. The second kappa shape index (κ2) is 7.34. The Bertz CT molecular complexity index is 768. The molecule has 1 atom stereocenters. The molecule has 1 aromatic heterocycles. The molecule has 0 radical (unpaired) electrons. The molecule has 0 spiro atoms. The van der Waals surface area contributed by atoms with Crippen molar-refractivity contribution in [3.05, 3.63) is 30.0 Å². The van der Waals surface area contributed by atoms with Crippen molar-refractivity contribution >= 4 is 16.8 Å². The van der Waals surface area contributed by atoms with E-state index < -0.39 is 0 Å². The molecule has 4 heteroatoms. The van der Waals surface area contributed by atoms with Crippen LogP contribution in [0.15, 0.2) is 24.3 Å². The van der Waals surface area contributed by atoms with Gasteiger partial charge in [-0.3, -0.25) is 4.79 Å². The number of amides is 1. The first-order valence-corrected chi connectivity index (χ1v) is 9.29. The zero-order chi connectivity index (χ0) is 18.4. The number of likely N-dealkylation sites (tertiary alicyclic amines) is 1. The summed E-state index contributed by atoms with van der Waals surface area (Å²) >= 11 is 0. The van der Waals surface area contributed by atoms with Crippen molar-refractivity contribution in [2.75, 3.05) is 13.7 Å². The molecule has 4 nitrogen and oxygen atoms in total. The van der Waals surface area contributed by atoms with Crippen molar-refractivity contribution in [2.24, 2.45) is 17.8 Å². The van der Waals surface area contributed by atoms with E-state index in [9.17, 15) is 4.79 Å². The number of fused-ring (bicyclic) bond motifs is 1. The van der Waals surface area contributed by atoms with Gasteiger partial charge in [-0.05, 0) is 42.4 Å². The third-order valence-electron chi connectivity index (χ3n) is 5.99. The van der Waals surface area contributed by atoms with Gasteiger partial charge in [0.1, 0.15) is 11.4 Å². The molecule has 3 rings (SSSR count). The molecule has 1 saturated heterocycles. The zero-order valence-electron chi connectivity index (χ0n) is 16.2. The standard InChI is InChI=1S/C21H30N2O2.CH4/c1-13(2)21(14(3)4)11-15(5)12-23(21)20(24)18-10-16-17(22-18)8-7-9-19(16)25-6;/h7-10,13-15,22H,11-12H2,1-6H3;1H4. The summed E-state index contributed by atoms with van der Waals surface area (Å²) in [6.07, 6.45) is 1.07. The van der Waals surface area contributed by atoms with Crippen LogP contribution in [0, 0.1) is 17.8 Å². The van der Waals surface area contributed by atoms with Crippen LogP contribution in [0.25, 0.3) is 10.9 Å². The van der Waals surface area contributed by atoms with Gasteiger partial charge in [0.25, 0.3) is 5.91 Å². The van der Waals surface area contributed by atoms with Gasteiger partial charge in [-0.1, -0.05) is 48.1 Å². The first-order valence-electron chi connectivity index (χ1n) is 9.29. The number of ether oxygens (including phenoxy) is 1. The maximum absolute atomic E-state index is 13.4. The lowest BCUT2D eigenvalue weighted by molar-refractivity contribution is 0.0291. The number of nitrogens with zero attached hydrogens (tertiary/aromatic N) is 1. The first-order chi connectivity index (χ1) is 11.8. The highest BCUT2D eigenvalue weighted by Crippen LogP contribution is 2.45. The molecule has 1 N–H and O–H groups in total. The Morgan fingerprint density at radius 3 is 2.50 bits per heavy atom. The Hall–Kier alpha value is -1.97. The third-order valence-corrected chi connectivity index (χ3v) is 5.99. The van der Waals surface area contributed by atoms with E-state index in [1.54, 1.807) is 7.11 Å². The molecule has 1 aromatic carbocycles. The Labute approximate surface area is 157 Å². The Kier molecular flexibility index (Phi) is 5.74. The van der Waals surface area contributed by atoms with Crippen LogP contribution in [0.1, 0.15) is 59.0 Å². The van der Waals surface area contributed by atoms with Gasteiger partial charge in [-0.15, -0.1) is 0 Å². The van der Waals surface area contributed by atoms with Crippen molar-refractivity contribution in [2.45, 2.75) is 54.0 Å². The average Bonchev–Trinajstić information content (AvgIpc) is 3.15. The van der Waals surface area contributed by atoms with E-state index in [2.05, 4.69) is 44.5 Å². The zero-order valence-corrected chi connectivity index (χ0v) is 16.2. The number of aromatic nitrogens is 1. The quantitative estimate of drug-likeness (QED) is 0.801. The van der Waals surface area contributed by atoms with Crippen LogP contribution in [0.3, 0.4) is 0 Å². The molecule has 1 unspecified atom stereocenters. The van der Waals surface area contributed by atoms with Gasteiger partial charge >= 0.3 is 0 Å². The van der Waals surface area contributed by atoms with Crippen molar-refractivity contribution in [1.29, 1.82) is 0 Å². The van der Waals surface area contributed by atoms with Crippen molar-refractivity contribution in [3.63, 3.8) is 0 Å². The Morgan fingerprint density at radius 1 is 1.27 bits per heavy atom. The van der Waals surface area contributed by atoms with E-state index in [1.807, 2.05) is 24.3 Å². The minimum Gasteiger partial charge on any atom is -0.496 e. The van der Waals surface area contributed by atoms with Crippen LogP contribution in [0.2, 0.25) is 0 Å². The summed E-state index contributed by atoms with van der Waals surface area (Å²) in [5.41, 5.74) is 1.51. The number of benzene rings is 1. The van der Waals surface area contributed by atoms with Crippen LogP contribution >= 0.6 is 0 Å². The fraction of sp³-hybridized carbons (Fsp3) is 0.591. The van der Waals surface area contributed by atoms with Gasteiger partial charge < -0.3 is 14.6 Å². The third kappa shape index (κ3) is 3.00. The molecule has 1 fully saturated rings. The molecule has 2 aromatic rings. The van der Waals surface area contributed by atoms with E-state index in [1.165, 1.54) is 0 Å². The van der Waals surface area contributed by atoms with E-state index in [4.69, 9.17) is 4.74 Å². The van der Waals surface area contributed by atoms with Crippen LogP contribution in [0.4, 0.5) is 0 Å². The lowest BCUT2D eigenvalue weighted by atomic mass is 9.73. The summed E-state index contributed by atoms with van der Waals surface area (Å²) in [4.78, 5) is 18.9. The number of carbonyl (C=O) groups is 1. The predicted molar refractivity (Wildman–Crippen MR) is 109 cm³/mol. The van der Waals surface area contributed by atoms with E-state index in [0.717, 1.165) is 29.6 Å². The van der Waals surface area contributed by atoms with Crippen molar-refractivity contribution in [1.82, 2.24) is 9.88 Å². The highest BCUT2D eigenvalue weighted by molar-refractivity contribution is 6.00. The summed E-state index contributed by atoms with van der Waals surface area (Å²) in [5.74, 6) is 2.25. The fourth-order valence-corrected chi connectivity index (χ4v) is 4.81. The molecule has 1 aliphatic rings. The van der Waals surface area contributed by atoms with Crippen LogP contribution in [-0.4, -0.2) is 35.0 Å². The molecular formula is C22H34N2O2. The number of hydrogen-bond acceptors (Lipinski definition) is 2. The number of H-pyrrole nitrogens is 1. The predicted octanol–water partition coefficient (Wildman–Crippen LogP) is 5.35. The molecule has 26 heavy (non-hydrogen) atoms. The number of methoxy groups -OCH3 is 1. The van der Waals surface area contributed by atoms with Crippen molar-refractivity contribution < 1.29 is 9.53 Å². The van der Waals surface area contributed by atoms with Crippen LogP contribution in [0.5, 0.6) is 5.75 Å². The normalized spacial score (nSPS) is 19.2. The molecule has 0 aliphatic carbocycles. The number of aromatic amines is 1. The van der Waals surface area contributed by atoms with Gasteiger partial charge in [0, 0.05) is 23.0 Å². The summed E-state index contributed by atoms with van der Waals surface area (Å²) < 4.78 is 5.44. The fourth-order valence-electron chi connectivity index (χ4n) is 4.81. The lowest BCUT2D eigenvalue weighted by Gasteiger charge is -2.45. The Morgan fingerprint density at radius 2 is 1.92 bits per heavy atom. The van der Waals surface area contributed by atoms with Gasteiger partial charge in [-0.25, -0.2) is 0 Å². The Balaban J connectivity index is 0.00000243. The van der Waals surface area contributed by atoms with E-state index in [0.29, 0.717) is 23.4 Å². The highest BCUT2D eigenvalue weighted by Gasteiger charge is 2.50. The van der Waals surface area contributed by atoms with Crippen LogP contribution < -0.4 is 4.74 Å². The lowest BCUT2D eigenvalue weighted by Crippen LogP contribution is -2.54.